The Morgan fingerprint density at radius 1 is 1.29 bits per heavy atom. The number of hydrogen-bond acceptors (Lipinski definition) is 3. The predicted octanol–water partition coefficient (Wildman–Crippen LogP) is 2.96. The Labute approximate surface area is 121 Å². The van der Waals surface area contributed by atoms with Gasteiger partial charge in [0.1, 0.15) is 11.6 Å². The van der Waals surface area contributed by atoms with Gasteiger partial charge < -0.3 is 10.1 Å². The SMILES string of the molecule is Cc1ccccc1NC(=O)COc1ccc(F)cc1C=O. The van der Waals surface area contributed by atoms with Crippen LogP contribution in [0.5, 0.6) is 5.75 Å². The second kappa shape index (κ2) is 6.65. The summed E-state index contributed by atoms with van der Waals surface area (Å²) < 4.78 is 18.2. The van der Waals surface area contributed by atoms with Crippen molar-refractivity contribution in [1.82, 2.24) is 0 Å². The number of aldehydes is 1. The Balaban J connectivity index is 1.99. The third-order valence-electron chi connectivity index (χ3n) is 2.88. The summed E-state index contributed by atoms with van der Waals surface area (Å²) in [6.45, 7) is 1.61. The molecule has 0 unspecified atom stereocenters. The molecule has 1 amide bonds. The van der Waals surface area contributed by atoms with E-state index in [9.17, 15) is 14.0 Å². The zero-order chi connectivity index (χ0) is 15.2. The first-order chi connectivity index (χ1) is 10.1. The first kappa shape index (κ1) is 14.7. The lowest BCUT2D eigenvalue weighted by Crippen LogP contribution is -2.21. The summed E-state index contributed by atoms with van der Waals surface area (Å²) in [5.41, 5.74) is 1.70. The molecule has 0 heterocycles. The van der Waals surface area contributed by atoms with Crippen LogP contribution in [-0.4, -0.2) is 18.8 Å². The quantitative estimate of drug-likeness (QED) is 0.860. The average molecular weight is 287 g/mol. The topological polar surface area (TPSA) is 55.4 Å². The monoisotopic (exact) mass is 287 g/mol. The van der Waals surface area contributed by atoms with Crippen LogP contribution in [0.3, 0.4) is 0 Å². The second-order valence-corrected chi connectivity index (χ2v) is 4.45. The lowest BCUT2D eigenvalue weighted by molar-refractivity contribution is -0.118. The fraction of sp³-hybridized carbons (Fsp3) is 0.125. The molecular formula is C16H14FNO3. The van der Waals surface area contributed by atoms with E-state index < -0.39 is 5.82 Å². The molecule has 0 radical (unpaired) electrons. The van der Waals surface area contributed by atoms with Crippen molar-refractivity contribution in [2.45, 2.75) is 6.92 Å². The largest absolute Gasteiger partial charge is 0.483 e. The van der Waals surface area contributed by atoms with Gasteiger partial charge in [-0.2, -0.15) is 0 Å². The number of amides is 1. The zero-order valence-electron chi connectivity index (χ0n) is 11.4. The lowest BCUT2D eigenvalue weighted by atomic mass is 10.2. The fourth-order valence-corrected chi connectivity index (χ4v) is 1.79. The molecule has 0 aromatic heterocycles. The number of anilines is 1. The molecule has 2 rings (SSSR count). The van der Waals surface area contributed by atoms with E-state index in [0.29, 0.717) is 12.0 Å². The molecule has 0 atom stereocenters. The molecule has 0 aliphatic carbocycles. The standard InChI is InChI=1S/C16H14FNO3/c1-11-4-2-3-5-14(11)18-16(20)10-21-15-7-6-13(17)8-12(15)9-19/h2-9H,10H2,1H3,(H,18,20). The van der Waals surface area contributed by atoms with Crippen LogP contribution in [0.25, 0.3) is 0 Å². The van der Waals surface area contributed by atoms with E-state index >= 15 is 0 Å². The number of hydrogen-bond donors (Lipinski definition) is 1. The van der Waals surface area contributed by atoms with Gasteiger partial charge in [0.2, 0.25) is 0 Å². The maximum atomic E-state index is 13.0. The summed E-state index contributed by atoms with van der Waals surface area (Å²) in [5.74, 6) is -0.717. The van der Waals surface area contributed by atoms with Gasteiger partial charge in [0, 0.05) is 5.69 Å². The van der Waals surface area contributed by atoms with Gasteiger partial charge >= 0.3 is 0 Å². The summed E-state index contributed by atoms with van der Waals surface area (Å²) in [6.07, 6.45) is 0.484. The minimum Gasteiger partial charge on any atom is -0.483 e. The van der Waals surface area contributed by atoms with Gasteiger partial charge in [0.05, 0.1) is 5.56 Å². The van der Waals surface area contributed by atoms with Crippen molar-refractivity contribution in [3.8, 4) is 5.75 Å². The highest BCUT2D eigenvalue weighted by molar-refractivity contribution is 5.92. The number of nitrogens with one attached hydrogen (secondary N) is 1. The first-order valence-corrected chi connectivity index (χ1v) is 6.33. The first-order valence-electron chi connectivity index (χ1n) is 6.33. The van der Waals surface area contributed by atoms with Crippen molar-refractivity contribution in [3.05, 3.63) is 59.4 Å². The van der Waals surface area contributed by atoms with Gasteiger partial charge in [-0.1, -0.05) is 18.2 Å². The van der Waals surface area contributed by atoms with E-state index in [2.05, 4.69) is 5.32 Å². The molecule has 21 heavy (non-hydrogen) atoms. The van der Waals surface area contributed by atoms with Crippen LogP contribution in [0, 0.1) is 12.7 Å². The second-order valence-electron chi connectivity index (χ2n) is 4.45. The Kier molecular flexibility index (Phi) is 4.66. The third kappa shape index (κ3) is 3.89. The highest BCUT2D eigenvalue weighted by Crippen LogP contribution is 2.18. The van der Waals surface area contributed by atoms with Gasteiger partial charge in [-0.3, -0.25) is 9.59 Å². The van der Waals surface area contributed by atoms with E-state index in [1.807, 2.05) is 25.1 Å². The molecular weight excluding hydrogens is 273 g/mol. The van der Waals surface area contributed by atoms with E-state index in [1.54, 1.807) is 6.07 Å². The number of aryl methyl sites for hydroxylation is 1. The van der Waals surface area contributed by atoms with Gasteiger partial charge in [0.25, 0.3) is 5.91 Å². The molecule has 0 aliphatic rings. The van der Waals surface area contributed by atoms with Crippen LogP contribution in [0.1, 0.15) is 15.9 Å². The normalized spacial score (nSPS) is 10.0. The van der Waals surface area contributed by atoms with Crippen molar-refractivity contribution in [3.63, 3.8) is 0 Å². The molecule has 2 aromatic rings. The van der Waals surface area contributed by atoms with Crippen molar-refractivity contribution >= 4 is 17.9 Å². The molecule has 4 nitrogen and oxygen atoms in total. The molecule has 0 fully saturated rings. The summed E-state index contributed by atoms with van der Waals surface area (Å²) in [5, 5.41) is 2.70. The van der Waals surface area contributed by atoms with Crippen molar-refractivity contribution < 1.29 is 18.7 Å². The smallest absolute Gasteiger partial charge is 0.262 e. The van der Waals surface area contributed by atoms with Crippen LogP contribution < -0.4 is 10.1 Å². The van der Waals surface area contributed by atoms with E-state index in [0.717, 1.165) is 11.6 Å². The number of carbonyl (C=O) groups is 2. The van der Waals surface area contributed by atoms with Crippen LogP contribution >= 0.6 is 0 Å². The zero-order valence-corrected chi connectivity index (χ0v) is 11.4. The number of para-hydroxylation sites is 1. The maximum absolute atomic E-state index is 13.0. The molecule has 0 spiro atoms. The molecule has 0 aliphatic heterocycles. The molecule has 0 bridgehead atoms. The predicted molar refractivity (Wildman–Crippen MR) is 77.1 cm³/mol. The molecule has 2 aromatic carbocycles. The molecule has 0 saturated carbocycles. The Morgan fingerprint density at radius 2 is 2.05 bits per heavy atom. The molecule has 108 valence electrons. The fourth-order valence-electron chi connectivity index (χ4n) is 1.79. The summed E-state index contributed by atoms with van der Waals surface area (Å²) >= 11 is 0. The van der Waals surface area contributed by atoms with Gasteiger partial charge in [-0.05, 0) is 36.8 Å². The minimum absolute atomic E-state index is 0.0682. The van der Waals surface area contributed by atoms with Crippen molar-refractivity contribution in [2.24, 2.45) is 0 Å². The van der Waals surface area contributed by atoms with Crippen LogP contribution in [0.4, 0.5) is 10.1 Å². The summed E-state index contributed by atoms with van der Waals surface area (Å²) in [7, 11) is 0. The van der Waals surface area contributed by atoms with Gasteiger partial charge in [-0.15, -0.1) is 0 Å². The Morgan fingerprint density at radius 3 is 2.76 bits per heavy atom. The van der Waals surface area contributed by atoms with Gasteiger partial charge in [0.15, 0.2) is 12.9 Å². The van der Waals surface area contributed by atoms with E-state index in [-0.39, 0.29) is 23.8 Å². The van der Waals surface area contributed by atoms with Crippen LogP contribution in [-0.2, 0) is 4.79 Å². The van der Waals surface area contributed by atoms with Crippen LogP contribution in [0.2, 0.25) is 0 Å². The van der Waals surface area contributed by atoms with E-state index in [1.165, 1.54) is 12.1 Å². The van der Waals surface area contributed by atoms with E-state index in [4.69, 9.17) is 4.74 Å². The molecule has 1 N–H and O–H groups in total. The van der Waals surface area contributed by atoms with Crippen molar-refractivity contribution in [2.75, 3.05) is 11.9 Å². The lowest BCUT2D eigenvalue weighted by Gasteiger charge is -2.10. The van der Waals surface area contributed by atoms with Crippen molar-refractivity contribution in [1.29, 1.82) is 0 Å². The summed E-state index contributed by atoms with van der Waals surface area (Å²) in [4.78, 5) is 22.6. The number of benzene rings is 2. The highest BCUT2D eigenvalue weighted by atomic mass is 19.1. The van der Waals surface area contributed by atoms with Crippen LogP contribution in [0.15, 0.2) is 42.5 Å². The third-order valence-corrected chi connectivity index (χ3v) is 2.88. The highest BCUT2D eigenvalue weighted by Gasteiger charge is 2.09. The summed E-state index contributed by atoms with van der Waals surface area (Å²) in [6, 6.07) is 10.9. The van der Waals surface area contributed by atoms with Gasteiger partial charge in [-0.25, -0.2) is 4.39 Å². The Hall–Kier alpha value is -2.69. The molecule has 0 saturated heterocycles. The number of ether oxygens (including phenoxy) is 1. The Bertz CT molecular complexity index is 670. The minimum atomic E-state index is -0.534. The number of rotatable bonds is 5. The average Bonchev–Trinajstić information content (AvgIpc) is 2.48. The maximum Gasteiger partial charge on any atom is 0.262 e. The number of carbonyl (C=O) groups excluding carboxylic acids is 2. The number of halogens is 1. The molecule has 5 heteroatoms.